The molecule has 0 unspecified atom stereocenters. The van der Waals surface area contributed by atoms with Gasteiger partial charge in [-0.05, 0) is 82.8 Å². The van der Waals surface area contributed by atoms with Crippen molar-refractivity contribution in [3.05, 3.63) is 57.2 Å². The van der Waals surface area contributed by atoms with Crippen molar-refractivity contribution in [2.75, 3.05) is 18.5 Å². The summed E-state index contributed by atoms with van der Waals surface area (Å²) < 4.78 is 6.89. The third-order valence-electron chi connectivity index (χ3n) is 4.03. The van der Waals surface area contributed by atoms with Gasteiger partial charge in [-0.3, -0.25) is 0 Å². The zero-order chi connectivity index (χ0) is 19.2. The molecule has 0 atom stereocenters. The molecule has 0 spiro atoms. The Hall–Kier alpha value is -1.76. The van der Waals surface area contributed by atoms with Gasteiger partial charge < -0.3 is 15.4 Å². The van der Waals surface area contributed by atoms with Crippen molar-refractivity contribution in [1.29, 1.82) is 0 Å². The SMILES string of the molecule is Cc1cc(I)ccc1NC(=O)NCCCOc1ccc(C(C)(C)C)cc1. The molecule has 0 saturated carbocycles. The number of halogens is 1. The maximum Gasteiger partial charge on any atom is 0.319 e. The quantitative estimate of drug-likeness (QED) is 0.437. The van der Waals surface area contributed by atoms with Gasteiger partial charge >= 0.3 is 6.03 Å². The summed E-state index contributed by atoms with van der Waals surface area (Å²) in [5.41, 5.74) is 3.31. The summed E-state index contributed by atoms with van der Waals surface area (Å²) in [5.74, 6) is 0.858. The molecule has 2 amide bonds. The van der Waals surface area contributed by atoms with Crippen LogP contribution in [0.3, 0.4) is 0 Å². The fraction of sp³-hybridized carbons (Fsp3) is 0.381. The highest BCUT2D eigenvalue weighted by molar-refractivity contribution is 14.1. The van der Waals surface area contributed by atoms with E-state index in [1.54, 1.807) is 0 Å². The monoisotopic (exact) mass is 466 g/mol. The number of anilines is 1. The first-order valence-corrected chi connectivity index (χ1v) is 9.88. The molecular formula is C21H27IN2O2. The van der Waals surface area contributed by atoms with Crippen LogP contribution in [0.5, 0.6) is 5.75 Å². The Morgan fingerprint density at radius 3 is 2.42 bits per heavy atom. The normalized spacial score (nSPS) is 11.1. The minimum atomic E-state index is -0.191. The van der Waals surface area contributed by atoms with Gasteiger partial charge in [-0.1, -0.05) is 32.9 Å². The Morgan fingerprint density at radius 1 is 1.12 bits per heavy atom. The molecule has 2 aromatic rings. The largest absolute Gasteiger partial charge is 0.494 e. The van der Waals surface area contributed by atoms with Crippen LogP contribution < -0.4 is 15.4 Å². The molecule has 140 valence electrons. The van der Waals surface area contributed by atoms with Crippen LogP contribution in [-0.2, 0) is 5.41 Å². The van der Waals surface area contributed by atoms with E-state index >= 15 is 0 Å². The maximum absolute atomic E-state index is 11.9. The summed E-state index contributed by atoms with van der Waals surface area (Å²) in [7, 11) is 0. The van der Waals surface area contributed by atoms with Crippen molar-refractivity contribution in [3.63, 3.8) is 0 Å². The third kappa shape index (κ3) is 6.52. The molecule has 0 aliphatic carbocycles. The standard InChI is InChI=1S/C21H27IN2O2/c1-15-14-17(22)8-11-19(15)24-20(25)23-12-5-13-26-18-9-6-16(7-10-18)21(2,3)4/h6-11,14H,5,12-13H2,1-4H3,(H2,23,24,25). The van der Waals surface area contributed by atoms with E-state index in [1.807, 2.05) is 37.3 Å². The number of amides is 2. The van der Waals surface area contributed by atoms with E-state index in [2.05, 4.69) is 66.1 Å². The number of rotatable bonds is 6. The van der Waals surface area contributed by atoms with Crippen molar-refractivity contribution >= 4 is 34.3 Å². The Balaban J connectivity index is 1.68. The first-order chi connectivity index (χ1) is 12.3. The van der Waals surface area contributed by atoms with E-state index in [-0.39, 0.29) is 11.4 Å². The maximum atomic E-state index is 11.9. The molecule has 0 aliphatic rings. The van der Waals surface area contributed by atoms with Crippen LogP contribution in [-0.4, -0.2) is 19.2 Å². The first-order valence-electron chi connectivity index (χ1n) is 8.80. The number of hydrogen-bond acceptors (Lipinski definition) is 2. The van der Waals surface area contributed by atoms with E-state index in [0.29, 0.717) is 13.2 Å². The van der Waals surface area contributed by atoms with Gasteiger partial charge in [0, 0.05) is 15.8 Å². The van der Waals surface area contributed by atoms with Gasteiger partial charge in [-0.25, -0.2) is 4.79 Å². The predicted molar refractivity (Wildman–Crippen MR) is 116 cm³/mol. The summed E-state index contributed by atoms with van der Waals surface area (Å²) in [6.45, 7) is 9.69. The average Bonchev–Trinajstić information content (AvgIpc) is 2.57. The number of benzene rings is 2. The van der Waals surface area contributed by atoms with Crippen LogP contribution in [0.1, 0.15) is 38.3 Å². The molecule has 5 heteroatoms. The number of aryl methyl sites for hydroxylation is 1. The highest BCUT2D eigenvalue weighted by Crippen LogP contribution is 2.24. The number of carbonyl (C=O) groups excluding carboxylic acids is 1. The van der Waals surface area contributed by atoms with Crippen LogP contribution in [0, 0.1) is 10.5 Å². The van der Waals surface area contributed by atoms with Crippen molar-refractivity contribution in [3.8, 4) is 5.75 Å². The molecule has 0 saturated heterocycles. The molecule has 0 radical (unpaired) electrons. The molecule has 26 heavy (non-hydrogen) atoms. The number of nitrogens with one attached hydrogen (secondary N) is 2. The zero-order valence-corrected chi connectivity index (χ0v) is 18.0. The number of carbonyl (C=O) groups is 1. The molecule has 4 nitrogen and oxygen atoms in total. The summed E-state index contributed by atoms with van der Waals surface area (Å²) >= 11 is 2.26. The molecule has 0 bridgehead atoms. The second-order valence-electron chi connectivity index (χ2n) is 7.32. The fourth-order valence-electron chi connectivity index (χ4n) is 2.45. The van der Waals surface area contributed by atoms with E-state index < -0.39 is 0 Å². The lowest BCUT2D eigenvalue weighted by Gasteiger charge is -2.19. The van der Waals surface area contributed by atoms with Crippen LogP contribution in [0.4, 0.5) is 10.5 Å². The lowest BCUT2D eigenvalue weighted by Crippen LogP contribution is -2.30. The third-order valence-corrected chi connectivity index (χ3v) is 4.70. The summed E-state index contributed by atoms with van der Waals surface area (Å²) in [4.78, 5) is 11.9. The molecule has 0 fully saturated rings. The van der Waals surface area contributed by atoms with Crippen molar-refractivity contribution in [2.24, 2.45) is 0 Å². The van der Waals surface area contributed by atoms with E-state index in [4.69, 9.17) is 4.74 Å². The smallest absolute Gasteiger partial charge is 0.319 e. The average molecular weight is 466 g/mol. The molecule has 0 heterocycles. The molecule has 0 aliphatic heterocycles. The summed E-state index contributed by atoms with van der Waals surface area (Å²) in [6, 6.07) is 13.9. The van der Waals surface area contributed by atoms with Gasteiger partial charge in [-0.15, -0.1) is 0 Å². The number of hydrogen-bond donors (Lipinski definition) is 2. The van der Waals surface area contributed by atoms with Crippen molar-refractivity contribution in [2.45, 2.75) is 39.5 Å². The molecular weight excluding hydrogens is 439 g/mol. The van der Waals surface area contributed by atoms with E-state index in [1.165, 1.54) is 5.56 Å². The Labute approximate surface area is 169 Å². The van der Waals surface area contributed by atoms with E-state index in [9.17, 15) is 4.79 Å². The highest BCUT2D eigenvalue weighted by Gasteiger charge is 2.12. The lowest BCUT2D eigenvalue weighted by atomic mass is 9.87. The predicted octanol–water partition coefficient (Wildman–Crippen LogP) is 5.49. The summed E-state index contributed by atoms with van der Waals surface area (Å²) in [5, 5.41) is 5.73. The summed E-state index contributed by atoms with van der Waals surface area (Å²) in [6.07, 6.45) is 0.750. The second-order valence-corrected chi connectivity index (χ2v) is 8.56. The lowest BCUT2D eigenvalue weighted by molar-refractivity contribution is 0.250. The van der Waals surface area contributed by atoms with Crippen molar-refractivity contribution < 1.29 is 9.53 Å². The Morgan fingerprint density at radius 2 is 1.81 bits per heavy atom. The van der Waals surface area contributed by atoms with Gasteiger partial charge in [0.25, 0.3) is 0 Å². The van der Waals surface area contributed by atoms with E-state index in [0.717, 1.165) is 27.0 Å². The van der Waals surface area contributed by atoms with Crippen LogP contribution in [0.2, 0.25) is 0 Å². The van der Waals surface area contributed by atoms with Gasteiger partial charge in [0.2, 0.25) is 0 Å². The molecule has 0 aromatic heterocycles. The molecule has 2 rings (SSSR count). The molecule has 2 N–H and O–H groups in total. The van der Waals surface area contributed by atoms with Gasteiger partial charge in [-0.2, -0.15) is 0 Å². The van der Waals surface area contributed by atoms with Crippen LogP contribution >= 0.6 is 22.6 Å². The van der Waals surface area contributed by atoms with Gasteiger partial charge in [0.05, 0.1) is 6.61 Å². The first kappa shape index (κ1) is 20.6. The zero-order valence-electron chi connectivity index (χ0n) is 15.9. The fourth-order valence-corrected chi connectivity index (χ4v) is 3.10. The second kappa shape index (κ2) is 9.26. The molecule has 2 aromatic carbocycles. The minimum absolute atomic E-state index is 0.144. The highest BCUT2D eigenvalue weighted by atomic mass is 127. The number of urea groups is 1. The van der Waals surface area contributed by atoms with Crippen LogP contribution in [0.25, 0.3) is 0 Å². The van der Waals surface area contributed by atoms with Gasteiger partial charge in [0.15, 0.2) is 0 Å². The Bertz CT molecular complexity index is 737. The number of ether oxygens (including phenoxy) is 1. The van der Waals surface area contributed by atoms with Gasteiger partial charge in [0.1, 0.15) is 5.75 Å². The Kier molecular flexibility index (Phi) is 7.32. The topological polar surface area (TPSA) is 50.4 Å². The van der Waals surface area contributed by atoms with Crippen LogP contribution in [0.15, 0.2) is 42.5 Å². The van der Waals surface area contributed by atoms with Crippen molar-refractivity contribution in [1.82, 2.24) is 5.32 Å². The minimum Gasteiger partial charge on any atom is -0.494 e.